The van der Waals surface area contributed by atoms with Gasteiger partial charge < -0.3 is 5.32 Å². The van der Waals surface area contributed by atoms with E-state index in [0.717, 1.165) is 57.9 Å². The Kier molecular flexibility index (Phi) is 11.7. The Bertz CT molecular complexity index is 230. The molecule has 0 fully saturated rings. The van der Waals surface area contributed by atoms with Crippen molar-refractivity contribution < 1.29 is 9.59 Å². The monoisotopic (exact) mass is 255 g/mol. The standard InChI is InChI=1S/C14H27N2O2/c1-2-3-7-11-14(18)16-12-9-6-4-5-8-10-13(15)17/h15H,2-12H2,1H3,(H,16,18). The number of carbonyl (C=O) groups excluding carboxylic acids is 2. The maximum absolute atomic E-state index is 11.4. The molecule has 0 aromatic carbocycles. The fraction of sp³-hybridized carbons (Fsp3) is 0.857. The minimum atomic E-state index is -0.464. The van der Waals surface area contributed by atoms with Crippen LogP contribution in [0.3, 0.4) is 0 Å². The number of carbonyl (C=O) groups is 2. The van der Waals surface area contributed by atoms with Crippen LogP contribution in [-0.2, 0) is 9.59 Å². The molecule has 0 atom stereocenters. The van der Waals surface area contributed by atoms with E-state index in [0.29, 0.717) is 12.8 Å². The highest BCUT2D eigenvalue weighted by atomic mass is 16.1. The van der Waals surface area contributed by atoms with E-state index in [4.69, 9.17) is 5.73 Å². The summed E-state index contributed by atoms with van der Waals surface area (Å²) in [4.78, 5) is 21.7. The number of unbranched alkanes of at least 4 members (excludes halogenated alkanes) is 6. The van der Waals surface area contributed by atoms with Gasteiger partial charge in [0, 0.05) is 19.4 Å². The molecule has 0 spiro atoms. The van der Waals surface area contributed by atoms with Gasteiger partial charge in [-0.05, 0) is 19.3 Å². The summed E-state index contributed by atoms with van der Waals surface area (Å²) in [6.07, 6.45) is 9.31. The highest BCUT2D eigenvalue weighted by Crippen LogP contribution is 2.05. The third-order valence-corrected chi connectivity index (χ3v) is 2.91. The van der Waals surface area contributed by atoms with Crippen LogP contribution in [0.4, 0.5) is 0 Å². The van der Waals surface area contributed by atoms with Crippen LogP contribution in [0.2, 0.25) is 0 Å². The van der Waals surface area contributed by atoms with Crippen molar-refractivity contribution in [1.82, 2.24) is 11.1 Å². The molecule has 0 unspecified atom stereocenters. The molecular weight excluding hydrogens is 228 g/mol. The molecule has 105 valence electrons. The minimum Gasteiger partial charge on any atom is -0.356 e. The molecule has 2 N–H and O–H groups in total. The predicted molar refractivity (Wildman–Crippen MR) is 73.0 cm³/mol. The zero-order valence-electron chi connectivity index (χ0n) is 11.6. The first-order valence-corrected chi connectivity index (χ1v) is 7.18. The summed E-state index contributed by atoms with van der Waals surface area (Å²) in [7, 11) is 0. The van der Waals surface area contributed by atoms with Crippen LogP contribution in [0.25, 0.3) is 0 Å². The second-order valence-electron chi connectivity index (χ2n) is 4.75. The van der Waals surface area contributed by atoms with Crippen LogP contribution < -0.4 is 11.1 Å². The smallest absolute Gasteiger partial charge is 0.238 e. The van der Waals surface area contributed by atoms with E-state index in [9.17, 15) is 9.59 Å². The van der Waals surface area contributed by atoms with E-state index in [2.05, 4.69) is 12.2 Å². The summed E-state index contributed by atoms with van der Waals surface area (Å²) >= 11 is 0. The molecule has 1 radical (unpaired) electrons. The first kappa shape index (κ1) is 16.9. The van der Waals surface area contributed by atoms with Crippen molar-refractivity contribution in [2.24, 2.45) is 0 Å². The van der Waals surface area contributed by atoms with E-state index in [1.54, 1.807) is 0 Å². The fourth-order valence-electron chi connectivity index (χ4n) is 1.79. The SMILES string of the molecule is CCCCCC(=O)NCCCCCCCC([NH])=O. The van der Waals surface area contributed by atoms with Gasteiger partial charge in [-0.1, -0.05) is 39.0 Å². The van der Waals surface area contributed by atoms with Crippen molar-refractivity contribution in [1.29, 1.82) is 0 Å². The molecule has 0 aromatic rings. The Morgan fingerprint density at radius 1 is 0.889 bits per heavy atom. The van der Waals surface area contributed by atoms with Crippen LogP contribution in [-0.4, -0.2) is 18.4 Å². The fourth-order valence-corrected chi connectivity index (χ4v) is 1.79. The summed E-state index contributed by atoms with van der Waals surface area (Å²) in [5.74, 6) is -0.294. The van der Waals surface area contributed by atoms with Crippen molar-refractivity contribution in [2.75, 3.05) is 6.54 Å². The summed E-state index contributed by atoms with van der Waals surface area (Å²) in [5, 5.41) is 2.93. The number of hydrogen-bond acceptors (Lipinski definition) is 2. The normalized spacial score (nSPS) is 10.3. The van der Waals surface area contributed by atoms with Gasteiger partial charge in [-0.15, -0.1) is 0 Å². The van der Waals surface area contributed by atoms with Gasteiger partial charge in [-0.2, -0.15) is 0 Å². The summed E-state index contributed by atoms with van der Waals surface area (Å²) in [5.41, 5.74) is 6.75. The third kappa shape index (κ3) is 13.0. The van der Waals surface area contributed by atoms with Crippen LogP contribution in [0.5, 0.6) is 0 Å². The van der Waals surface area contributed by atoms with Crippen molar-refractivity contribution in [3.05, 3.63) is 0 Å². The van der Waals surface area contributed by atoms with E-state index >= 15 is 0 Å². The van der Waals surface area contributed by atoms with E-state index in [1.165, 1.54) is 0 Å². The van der Waals surface area contributed by atoms with Crippen molar-refractivity contribution in [3.63, 3.8) is 0 Å². The maximum Gasteiger partial charge on any atom is 0.238 e. The molecule has 18 heavy (non-hydrogen) atoms. The van der Waals surface area contributed by atoms with Gasteiger partial charge in [0.05, 0.1) is 0 Å². The second kappa shape index (κ2) is 12.4. The zero-order valence-corrected chi connectivity index (χ0v) is 11.6. The molecule has 0 aliphatic carbocycles. The number of amides is 2. The van der Waals surface area contributed by atoms with Crippen LogP contribution in [0, 0.1) is 0 Å². The van der Waals surface area contributed by atoms with E-state index in [-0.39, 0.29) is 5.91 Å². The lowest BCUT2D eigenvalue weighted by molar-refractivity contribution is -0.121. The van der Waals surface area contributed by atoms with Gasteiger partial charge >= 0.3 is 0 Å². The molecule has 4 nitrogen and oxygen atoms in total. The Labute approximate surface area is 111 Å². The zero-order chi connectivity index (χ0) is 13.6. The average molecular weight is 255 g/mol. The quantitative estimate of drug-likeness (QED) is 0.545. The van der Waals surface area contributed by atoms with Gasteiger partial charge in [0.2, 0.25) is 11.8 Å². The molecule has 2 amide bonds. The summed E-state index contributed by atoms with van der Waals surface area (Å²) < 4.78 is 0. The highest BCUT2D eigenvalue weighted by Gasteiger charge is 1.99. The second-order valence-corrected chi connectivity index (χ2v) is 4.75. The van der Waals surface area contributed by atoms with Gasteiger partial charge in [0.25, 0.3) is 0 Å². The maximum atomic E-state index is 11.4. The molecule has 0 saturated carbocycles. The lowest BCUT2D eigenvalue weighted by Crippen LogP contribution is -2.23. The summed E-state index contributed by atoms with van der Waals surface area (Å²) in [6.45, 7) is 2.90. The average Bonchev–Trinajstić information content (AvgIpc) is 2.32. The molecule has 0 aliphatic rings. The lowest BCUT2D eigenvalue weighted by Gasteiger charge is -2.04. The Hall–Kier alpha value is -1.06. The Morgan fingerprint density at radius 3 is 2.17 bits per heavy atom. The Balaban J connectivity index is 3.15. The lowest BCUT2D eigenvalue weighted by atomic mass is 10.1. The number of hydrogen-bond donors (Lipinski definition) is 1. The topological polar surface area (TPSA) is 70.0 Å². The van der Waals surface area contributed by atoms with Gasteiger partial charge in [-0.3, -0.25) is 15.3 Å². The molecule has 0 saturated heterocycles. The summed E-state index contributed by atoms with van der Waals surface area (Å²) in [6, 6.07) is 0. The van der Waals surface area contributed by atoms with Crippen molar-refractivity contribution in [2.45, 2.75) is 71.1 Å². The molecule has 0 aliphatic heterocycles. The first-order valence-electron chi connectivity index (χ1n) is 7.18. The first-order chi connectivity index (χ1) is 8.66. The number of rotatable bonds is 12. The van der Waals surface area contributed by atoms with Crippen LogP contribution in [0.1, 0.15) is 71.1 Å². The minimum absolute atomic E-state index is 0.170. The van der Waals surface area contributed by atoms with Gasteiger partial charge in [0.15, 0.2) is 0 Å². The largest absolute Gasteiger partial charge is 0.356 e. The Morgan fingerprint density at radius 2 is 1.50 bits per heavy atom. The molecule has 0 rings (SSSR count). The molecular formula is C14H27N2O2. The van der Waals surface area contributed by atoms with Gasteiger partial charge in [0.1, 0.15) is 0 Å². The predicted octanol–water partition coefficient (Wildman–Crippen LogP) is 2.83. The molecule has 0 heterocycles. The van der Waals surface area contributed by atoms with Crippen molar-refractivity contribution >= 4 is 11.8 Å². The van der Waals surface area contributed by atoms with Crippen LogP contribution >= 0.6 is 0 Å². The van der Waals surface area contributed by atoms with E-state index < -0.39 is 5.91 Å². The number of nitrogens with one attached hydrogen (secondary N) is 2. The van der Waals surface area contributed by atoms with E-state index in [1.807, 2.05) is 0 Å². The third-order valence-electron chi connectivity index (χ3n) is 2.91. The van der Waals surface area contributed by atoms with Crippen molar-refractivity contribution in [3.8, 4) is 0 Å². The highest BCUT2D eigenvalue weighted by molar-refractivity contribution is 5.75. The molecule has 4 heteroatoms. The van der Waals surface area contributed by atoms with Crippen LogP contribution in [0.15, 0.2) is 0 Å². The van der Waals surface area contributed by atoms with Gasteiger partial charge in [-0.25, -0.2) is 0 Å². The molecule has 0 bridgehead atoms. The molecule has 0 aromatic heterocycles.